The van der Waals surface area contributed by atoms with Crippen molar-refractivity contribution in [3.05, 3.63) is 89.1 Å². The number of aromatic nitrogens is 1. The van der Waals surface area contributed by atoms with Crippen LogP contribution in [0.3, 0.4) is 0 Å². The van der Waals surface area contributed by atoms with Gasteiger partial charge in [-0.2, -0.15) is 0 Å². The summed E-state index contributed by atoms with van der Waals surface area (Å²) in [5.74, 6) is 1.57. The lowest BCUT2D eigenvalue weighted by Crippen LogP contribution is -2.29. The van der Waals surface area contributed by atoms with E-state index in [2.05, 4.69) is 109 Å². The van der Waals surface area contributed by atoms with Crippen molar-refractivity contribution in [2.75, 3.05) is 0 Å². The molecule has 2 aromatic heterocycles. The molecule has 2 nitrogen and oxygen atoms in total. The highest BCUT2D eigenvalue weighted by Crippen LogP contribution is 2.58. The lowest BCUT2D eigenvalue weighted by molar-refractivity contribution is 0.337. The first kappa shape index (κ1) is 24.9. The van der Waals surface area contributed by atoms with Gasteiger partial charge in [-0.3, -0.25) is 4.98 Å². The standard InChI is InChI=1S/C36H39NO/c1-21(2)19-36(20-22(3)4)30-11-9-8-10-26(30)27-14-15-29-28-13-12-24(7)32(34(28)38-35(29)33(27)36)31-18-25(23(5)6)16-17-37-31/h8-18,21-23H,19-20H2,1-7H3. The van der Waals surface area contributed by atoms with Crippen molar-refractivity contribution < 1.29 is 4.42 Å². The van der Waals surface area contributed by atoms with Crippen LogP contribution in [0.15, 0.2) is 71.3 Å². The van der Waals surface area contributed by atoms with Gasteiger partial charge in [-0.25, -0.2) is 0 Å². The van der Waals surface area contributed by atoms with Crippen molar-refractivity contribution >= 4 is 21.9 Å². The third-order valence-electron chi connectivity index (χ3n) is 8.45. The Morgan fingerprint density at radius 2 is 1.45 bits per heavy atom. The molecule has 0 bridgehead atoms. The summed E-state index contributed by atoms with van der Waals surface area (Å²) in [4.78, 5) is 4.83. The van der Waals surface area contributed by atoms with Crippen molar-refractivity contribution in [2.45, 2.75) is 72.6 Å². The highest BCUT2D eigenvalue weighted by Gasteiger charge is 2.46. The summed E-state index contributed by atoms with van der Waals surface area (Å²) in [7, 11) is 0. The number of benzene rings is 3. The van der Waals surface area contributed by atoms with Gasteiger partial charge in [-0.1, -0.05) is 84.0 Å². The van der Waals surface area contributed by atoms with Crippen LogP contribution < -0.4 is 0 Å². The van der Waals surface area contributed by atoms with E-state index >= 15 is 0 Å². The summed E-state index contributed by atoms with van der Waals surface area (Å²) in [6.45, 7) is 16.1. The fourth-order valence-electron chi connectivity index (χ4n) is 7.13. The Labute approximate surface area is 227 Å². The van der Waals surface area contributed by atoms with E-state index in [-0.39, 0.29) is 5.41 Å². The van der Waals surface area contributed by atoms with Crippen LogP contribution >= 0.6 is 0 Å². The Morgan fingerprint density at radius 3 is 2.16 bits per heavy atom. The maximum atomic E-state index is 7.07. The van der Waals surface area contributed by atoms with Crippen molar-refractivity contribution in [1.29, 1.82) is 0 Å². The van der Waals surface area contributed by atoms with Crippen LogP contribution in [0.25, 0.3) is 44.3 Å². The van der Waals surface area contributed by atoms with E-state index in [1.807, 2.05) is 6.20 Å². The number of aryl methyl sites for hydroxylation is 1. The second-order valence-corrected chi connectivity index (χ2v) is 12.6. The minimum absolute atomic E-state index is 0.0628. The molecule has 2 heterocycles. The van der Waals surface area contributed by atoms with Gasteiger partial charge in [-0.05, 0) is 83.5 Å². The van der Waals surface area contributed by atoms with E-state index in [0.29, 0.717) is 17.8 Å². The zero-order chi connectivity index (χ0) is 26.8. The summed E-state index contributed by atoms with van der Waals surface area (Å²) in [6, 6.07) is 22.5. The summed E-state index contributed by atoms with van der Waals surface area (Å²) in [5, 5.41) is 2.39. The zero-order valence-corrected chi connectivity index (χ0v) is 23.9. The van der Waals surface area contributed by atoms with Crippen molar-refractivity contribution in [3.63, 3.8) is 0 Å². The van der Waals surface area contributed by atoms with Crippen LogP contribution in [0, 0.1) is 18.8 Å². The van der Waals surface area contributed by atoms with Crippen molar-refractivity contribution in [3.8, 4) is 22.4 Å². The molecule has 0 radical (unpaired) electrons. The van der Waals surface area contributed by atoms with Crippen LogP contribution in [0.5, 0.6) is 0 Å². The van der Waals surface area contributed by atoms with Crippen LogP contribution in [0.4, 0.5) is 0 Å². The normalized spacial score (nSPS) is 14.3. The van der Waals surface area contributed by atoms with Gasteiger partial charge >= 0.3 is 0 Å². The highest BCUT2D eigenvalue weighted by molar-refractivity contribution is 6.12. The van der Waals surface area contributed by atoms with Crippen LogP contribution in [-0.4, -0.2) is 4.98 Å². The molecule has 0 atom stereocenters. The zero-order valence-electron chi connectivity index (χ0n) is 23.9. The molecule has 6 rings (SSSR count). The molecule has 0 unspecified atom stereocenters. The molecule has 3 aromatic carbocycles. The minimum atomic E-state index is -0.0628. The number of rotatable bonds is 6. The average molecular weight is 502 g/mol. The van der Waals surface area contributed by atoms with E-state index in [0.717, 1.165) is 35.3 Å². The van der Waals surface area contributed by atoms with Gasteiger partial charge in [0.2, 0.25) is 0 Å². The molecule has 0 fully saturated rings. The molecule has 2 heteroatoms. The molecule has 38 heavy (non-hydrogen) atoms. The second-order valence-electron chi connectivity index (χ2n) is 12.6. The predicted octanol–water partition coefficient (Wildman–Crippen LogP) is 10.4. The maximum Gasteiger partial charge on any atom is 0.145 e. The molecule has 194 valence electrons. The molecular formula is C36H39NO. The van der Waals surface area contributed by atoms with E-state index in [1.165, 1.54) is 44.2 Å². The summed E-state index contributed by atoms with van der Waals surface area (Å²) >= 11 is 0. The molecule has 1 aliphatic carbocycles. The van der Waals surface area contributed by atoms with Crippen molar-refractivity contribution in [1.82, 2.24) is 4.98 Å². The number of hydrogen-bond donors (Lipinski definition) is 0. The lowest BCUT2D eigenvalue weighted by atomic mass is 9.67. The lowest BCUT2D eigenvalue weighted by Gasteiger charge is -2.35. The Balaban J connectivity index is 1.70. The molecule has 0 saturated heterocycles. The Kier molecular flexibility index (Phi) is 5.98. The maximum absolute atomic E-state index is 7.07. The van der Waals surface area contributed by atoms with E-state index < -0.39 is 0 Å². The first-order chi connectivity index (χ1) is 18.2. The number of hydrogen-bond acceptors (Lipinski definition) is 2. The first-order valence-corrected chi connectivity index (χ1v) is 14.3. The predicted molar refractivity (Wildman–Crippen MR) is 161 cm³/mol. The van der Waals surface area contributed by atoms with Gasteiger partial charge in [0.15, 0.2) is 0 Å². The van der Waals surface area contributed by atoms with E-state index in [4.69, 9.17) is 9.40 Å². The molecule has 5 aromatic rings. The number of furan rings is 1. The molecular weight excluding hydrogens is 462 g/mol. The SMILES string of the molecule is Cc1ccc2c(oc3c4c(ccc32)-c2ccccc2C4(CC(C)C)CC(C)C)c1-c1cc(C(C)C)ccn1. The van der Waals surface area contributed by atoms with Gasteiger partial charge in [0, 0.05) is 33.5 Å². The largest absolute Gasteiger partial charge is 0.455 e. The number of pyridine rings is 1. The minimum Gasteiger partial charge on any atom is -0.455 e. The van der Waals surface area contributed by atoms with E-state index in [1.54, 1.807) is 0 Å². The quantitative estimate of drug-likeness (QED) is 0.231. The Bertz CT molecular complexity index is 1660. The highest BCUT2D eigenvalue weighted by atomic mass is 16.3. The number of fused-ring (bicyclic) bond motifs is 7. The third kappa shape index (κ3) is 3.72. The second kappa shape index (κ2) is 9.12. The topological polar surface area (TPSA) is 26.0 Å². The smallest absolute Gasteiger partial charge is 0.145 e. The molecule has 0 amide bonds. The average Bonchev–Trinajstić information content (AvgIpc) is 3.37. The summed E-state index contributed by atoms with van der Waals surface area (Å²) in [5.41, 5.74) is 12.1. The molecule has 0 aliphatic heterocycles. The molecule has 1 aliphatic rings. The van der Waals surface area contributed by atoms with Gasteiger partial charge in [-0.15, -0.1) is 0 Å². The number of nitrogens with zero attached hydrogens (tertiary/aromatic N) is 1. The van der Waals surface area contributed by atoms with Crippen LogP contribution in [0.1, 0.15) is 82.6 Å². The monoisotopic (exact) mass is 501 g/mol. The molecule has 0 spiro atoms. The van der Waals surface area contributed by atoms with Crippen LogP contribution in [0.2, 0.25) is 0 Å². The van der Waals surface area contributed by atoms with Gasteiger partial charge in [0.25, 0.3) is 0 Å². The van der Waals surface area contributed by atoms with Gasteiger partial charge in [0.1, 0.15) is 11.2 Å². The van der Waals surface area contributed by atoms with E-state index in [9.17, 15) is 0 Å². The molecule has 0 saturated carbocycles. The fraction of sp³-hybridized carbons (Fsp3) is 0.361. The Hall–Kier alpha value is -3.39. The molecule has 0 N–H and O–H groups in total. The summed E-state index contributed by atoms with van der Waals surface area (Å²) < 4.78 is 7.07. The van der Waals surface area contributed by atoms with Gasteiger partial charge in [0.05, 0.1) is 5.69 Å². The third-order valence-corrected chi connectivity index (χ3v) is 8.45. The van der Waals surface area contributed by atoms with Crippen LogP contribution in [-0.2, 0) is 5.41 Å². The fourth-order valence-corrected chi connectivity index (χ4v) is 7.13. The van der Waals surface area contributed by atoms with Gasteiger partial charge < -0.3 is 4.42 Å². The first-order valence-electron chi connectivity index (χ1n) is 14.3. The van der Waals surface area contributed by atoms with Crippen molar-refractivity contribution in [2.24, 2.45) is 11.8 Å². The summed E-state index contributed by atoms with van der Waals surface area (Å²) in [6.07, 6.45) is 4.15. The Morgan fingerprint density at radius 1 is 0.763 bits per heavy atom.